The molecule has 3 aromatic carbocycles. The fourth-order valence-corrected chi connectivity index (χ4v) is 3.02. The number of rotatable bonds is 4. The number of halogens is 1. The van der Waals surface area contributed by atoms with Gasteiger partial charge in [0.25, 0.3) is 5.56 Å². The van der Waals surface area contributed by atoms with Crippen LogP contribution in [0.25, 0.3) is 22.0 Å². The molecule has 0 spiro atoms. The molecule has 0 aliphatic rings. The van der Waals surface area contributed by atoms with Gasteiger partial charge in [0, 0.05) is 10.9 Å². The molecular weight excluding hydrogens is 357 g/mol. The molecule has 5 nitrogen and oxygen atoms in total. The lowest BCUT2D eigenvalue weighted by Crippen LogP contribution is -2.36. The quantitative estimate of drug-likeness (QED) is 0.595. The van der Waals surface area contributed by atoms with Gasteiger partial charge in [0.2, 0.25) is 5.91 Å². The van der Waals surface area contributed by atoms with Crippen LogP contribution in [0.5, 0.6) is 0 Å². The van der Waals surface area contributed by atoms with Gasteiger partial charge in [-0.05, 0) is 23.8 Å². The normalized spacial score (nSPS) is 10.8. The molecule has 28 heavy (non-hydrogen) atoms. The minimum absolute atomic E-state index is 0.00188. The van der Waals surface area contributed by atoms with Gasteiger partial charge < -0.3 is 0 Å². The molecule has 0 saturated carbocycles. The van der Waals surface area contributed by atoms with Crippen molar-refractivity contribution in [2.45, 2.75) is 6.42 Å². The van der Waals surface area contributed by atoms with E-state index in [9.17, 15) is 14.0 Å². The zero-order chi connectivity index (χ0) is 19.5. The van der Waals surface area contributed by atoms with Gasteiger partial charge in [-0.25, -0.2) is 9.82 Å². The summed E-state index contributed by atoms with van der Waals surface area (Å²) >= 11 is 0. The smallest absolute Gasteiger partial charge is 0.273 e. The number of nitrogens with zero attached hydrogens (tertiary/aromatic N) is 2. The van der Waals surface area contributed by atoms with Gasteiger partial charge in [0.05, 0.1) is 11.8 Å². The molecule has 0 fully saturated rings. The summed E-state index contributed by atoms with van der Waals surface area (Å²) in [6.45, 7) is 0. The topological polar surface area (TPSA) is 64.0 Å². The van der Waals surface area contributed by atoms with Crippen molar-refractivity contribution in [2.24, 2.45) is 0 Å². The molecule has 0 aliphatic carbocycles. The van der Waals surface area contributed by atoms with Crippen LogP contribution in [0.3, 0.4) is 0 Å². The van der Waals surface area contributed by atoms with E-state index in [0.29, 0.717) is 22.0 Å². The fourth-order valence-electron chi connectivity index (χ4n) is 3.02. The van der Waals surface area contributed by atoms with Crippen molar-refractivity contribution in [2.75, 3.05) is 5.43 Å². The monoisotopic (exact) mass is 373 g/mol. The second kappa shape index (κ2) is 7.44. The Morgan fingerprint density at radius 3 is 2.25 bits per heavy atom. The summed E-state index contributed by atoms with van der Waals surface area (Å²) in [6, 6.07) is 22.2. The molecule has 0 radical (unpaired) electrons. The first-order valence-electron chi connectivity index (χ1n) is 8.73. The molecule has 1 heterocycles. The van der Waals surface area contributed by atoms with Crippen molar-refractivity contribution in [3.63, 3.8) is 0 Å². The van der Waals surface area contributed by atoms with E-state index >= 15 is 0 Å². The van der Waals surface area contributed by atoms with Crippen molar-refractivity contribution >= 4 is 16.7 Å². The molecule has 6 heteroatoms. The average Bonchev–Trinajstić information content (AvgIpc) is 2.72. The average molecular weight is 373 g/mol. The highest BCUT2D eigenvalue weighted by Crippen LogP contribution is 2.23. The number of carbonyl (C=O) groups excluding carboxylic acids is 1. The Hall–Kier alpha value is -3.80. The molecule has 0 saturated heterocycles. The molecule has 4 aromatic rings. The van der Waals surface area contributed by atoms with E-state index < -0.39 is 11.5 Å². The number of hydrogen-bond donors (Lipinski definition) is 1. The van der Waals surface area contributed by atoms with Gasteiger partial charge in [-0.15, -0.1) is 9.89 Å². The number of carbonyl (C=O) groups is 1. The molecule has 1 N–H and O–H groups in total. The lowest BCUT2D eigenvalue weighted by Gasteiger charge is -2.12. The molecule has 0 aliphatic heterocycles. The highest BCUT2D eigenvalue weighted by molar-refractivity contribution is 5.94. The molecule has 138 valence electrons. The van der Waals surface area contributed by atoms with Gasteiger partial charge in [-0.3, -0.25) is 9.59 Å². The van der Waals surface area contributed by atoms with E-state index in [2.05, 4.69) is 10.5 Å². The van der Waals surface area contributed by atoms with Crippen molar-refractivity contribution < 1.29 is 9.18 Å². The van der Waals surface area contributed by atoms with E-state index in [4.69, 9.17) is 0 Å². The molecule has 0 bridgehead atoms. The maximum Gasteiger partial charge on any atom is 0.294 e. The third-order valence-corrected chi connectivity index (χ3v) is 4.36. The molecule has 0 unspecified atom stereocenters. The summed E-state index contributed by atoms with van der Waals surface area (Å²) < 4.78 is 13.0. The van der Waals surface area contributed by atoms with Crippen LogP contribution in [0.15, 0.2) is 83.7 Å². The SMILES string of the molecule is O=C(Cc1ccc(F)cc1)Nn1nc(-c2ccccc2)c2ccccc2c1=O. The highest BCUT2D eigenvalue weighted by atomic mass is 19.1. The van der Waals surface area contributed by atoms with Gasteiger partial charge in [0.1, 0.15) is 11.5 Å². The van der Waals surface area contributed by atoms with Crippen molar-refractivity contribution in [3.05, 3.63) is 101 Å². The van der Waals surface area contributed by atoms with Crippen LogP contribution >= 0.6 is 0 Å². The van der Waals surface area contributed by atoms with Crippen LogP contribution in [-0.2, 0) is 11.2 Å². The van der Waals surface area contributed by atoms with E-state index in [0.717, 1.165) is 10.4 Å². The maximum atomic E-state index is 13.0. The molecule has 4 rings (SSSR count). The number of fused-ring (bicyclic) bond motifs is 1. The Morgan fingerprint density at radius 1 is 0.893 bits per heavy atom. The summed E-state index contributed by atoms with van der Waals surface area (Å²) in [4.78, 5) is 26.1. The number of nitrogens with one attached hydrogen (secondary N) is 1. The van der Waals surface area contributed by atoms with Gasteiger partial charge in [-0.1, -0.05) is 60.7 Å². The largest absolute Gasteiger partial charge is 0.294 e. The lowest BCUT2D eigenvalue weighted by molar-refractivity contribution is -0.116. The third kappa shape index (κ3) is 3.53. The summed E-state index contributed by atoms with van der Waals surface area (Å²) in [6.07, 6.45) is 0.00188. The Labute approximate surface area is 160 Å². The van der Waals surface area contributed by atoms with Crippen LogP contribution in [0.4, 0.5) is 4.39 Å². The minimum Gasteiger partial charge on any atom is -0.273 e. The first-order valence-corrected chi connectivity index (χ1v) is 8.73. The second-order valence-corrected chi connectivity index (χ2v) is 6.32. The summed E-state index contributed by atoms with van der Waals surface area (Å²) in [5.74, 6) is -0.792. The van der Waals surface area contributed by atoms with E-state index in [1.165, 1.54) is 24.3 Å². The molecule has 0 atom stereocenters. The zero-order valence-electron chi connectivity index (χ0n) is 14.8. The maximum absolute atomic E-state index is 13.0. The first-order chi connectivity index (χ1) is 13.6. The number of benzene rings is 3. The van der Waals surface area contributed by atoms with Crippen LogP contribution in [-0.4, -0.2) is 15.8 Å². The number of amides is 1. The highest BCUT2D eigenvalue weighted by Gasteiger charge is 2.13. The van der Waals surface area contributed by atoms with E-state index in [1.54, 1.807) is 12.1 Å². The standard InChI is InChI=1S/C22H16FN3O2/c23-17-12-10-15(11-13-17)14-20(27)24-26-22(28)19-9-5-4-8-18(19)21(25-26)16-6-2-1-3-7-16/h1-13H,14H2,(H,24,27). The fraction of sp³-hybridized carbons (Fsp3) is 0.0455. The molecule has 1 amide bonds. The lowest BCUT2D eigenvalue weighted by atomic mass is 10.1. The predicted octanol–water partition coefficient (Wildman–Crippen LogP) is 3.52. The third-order valence-electron chi connectivity index (χ3n) is 4.36. The minimum atomic E-state index is -0.421. The zero-order valence-corrected chi connectivity index (χ0v) is 14.8. The van der Waals surface area contributed by atoms with Crippen LogP contribution < -0.4 is 11.0 Å². The van der Waals surface area contributed by atoms with Crippen LogP contribution in [0, 0.1) is 5.82 Å². The van der Waals surface area contributed by atoms with Crippen molar-refractivity contribution in [3.8, 4) is 11.3 Å². The number of hydrogen-bond acceptors (Lipinski definition) is 3. The molecular formula is C22H16FN3O2. The Balaban J connectivity index is 1.73. The Morgan fingerprint density at radius 2 is 1.54 bits per heavy atom. The van der Waals surface area contributed by atoms with E-state index in [1.807, 2.05) is 42.5 Å². The summed E-state index contributed by atoms with van der Waals surface area (Å²) in [5, 5.41) is 5.55. The Bertz CT molecular complexity index is 1200. The molecule has 1 aromatic heterocycles. The van der Waals surface area contributed by atoms with Crippen molar-refractivity contribution in [1.82, 2.24) is 9.89 Å². The van der Waals surface area contributed by atoms with Crippen molar-refractivity contribution in [1.29, 1.82) is 0 Å². The first kappa shape index (κ1) is 17.6. The predicted molar refractivity (Wildman–Crippen MR) is 106 cm³/mol. The number of aromatic nitrogens is 2. The summed E-state index contributed by atoms with van der Waals surface area (Å²) in [7, 11) is 0. The van der Waals surface area contributed by atoms with E-state index in [-0.39, 0.29) is 12.2 Å². The van der Waals surface area contributed by atoms with Gasteiger partial charge in [-0.2, -0.15) is 0 Å². The summed E-state index contributed by atoms with van der Waals surface area (Å²) in [5.41, 5.74) is 4.19. The van der Waals surface area contributed by atoms with Crippen LogP contribution in [0.2, 0.25) is 0 Å². The van der Waals surface area contributed by atoms with Crippen LogP contribution in [0.1, 0.15) is 5.56 Å². The Kier molecular flexibility index (Phi) is 4.68. The van der Waals surface area contributed by atoms with Gasteiger partial charge >= 0.3 is 0 Å². The second-order valence-electron chi connectivity index (χ2n) is 6.32. The van der Waals surface area contributed by atoms with Gasteiger partial charge in [0.15, 0.2) is 0 Å².